The van der Waals surface area contributed by atoms with Gasteiger partial charge in [-0.2, -0.15) is 0 Å². The highest BCUT2D eigenvalue weighted by Gasteiger charge is 2.32. The molecule has 0 bridgehead atoms. The molecule has 0 saturated carbocycles. The molecule has 2 aromatic rings. The van der Waals surface area contributed by atoms with Crippen LogP contribution in [-0.2, 0) is 5.54 Å². The van der Waals surface area contributed by atoms with E-state index in [0.717, 1.165) is 6.54 Å². The van der Waals surface area contributed by atoms with Crippen molar-refractivity contribution < 1.29 is 0 Å². The van der Waals surface area contributed by atoms with Crippen molar-refractivity contribution >= 4 is 10.8 Å². The van der Waals surface area contributed by atoms with Crippen molar-refractivity contribution in [3.05, 3.63) is 42.2 Å². The van der Waals surface area contributed by atoms with Crippen LogP contribution in [0.25, 0.3) is 10.8 Å². The van der Waals surface area contributed by atoms with E-state index >= 15 is 0 Å². The maximum atomic E-state index is 4.27. The first-order valence-corrected chi connectivity index (χ1v) is 7.94. The van der Waals surface area contributed by atoms with Crippen LogP contribution in [0.5, 0.6) is 0 Å². The van der Waals surface area contributed by atoms with Crippen molar-refractivity contribution in [3.8, 4) is 0 Å². The Labute approximate surface area is 121 Å². The van der Waals surface area contributed by atoms with E-state index in [2.05, 4.69) is 41.5 Å². The number of fused-ring (bicyclic) bond motifs is 1. The predicted octanol–water partition coefficient (Wildman–Crippen LogP) is 4.39. The Bertz CT molecular complexity index is 563. The Kier molecular flexibility index (Phi) is 4.02. The molecule has 2 heteroatoms. The fourth-order valence-electron chi connectivity index (χ4n) is 3.69. The topological polar surface area (TPSA) is 24.9 Å². The van der Waals surface area contributed by atoms with Gasteiger partial charge < -0.3 is 5.32 Å². The number of hydrogen-bond acceptors (Lipinski definition) is 2. The number of rotatable bonds is 3. The van der Waals surface area contributed by atoms with E-state index in [1.54, 1.807) is 0 Å². The lowest BCUT2D eigenvalue weighted by molar-refractivity contribution is 0.300. The highest BCUT2D eigenvalue weighted by Crippen LogP contribution is 2.37. The number of aromatic nitrogens is 1. The molecule has 1 fully saturated rings. The van der Waals surface area contributed by atoms with E-state index in [9.17, 15) is 0 Å². The smallest absolute Gasteiger partial charge is 0.0440 e. The summed E-state index contributed by atoms with van der Waals surface area (Å²) in [6, 6.07) is 8.84. The summed E-state index contributed by atoms with van der Waals surface area (Å²) in [5.41, 5.74) is 1.63. The lowest BCUT2D eigenvalue weighted by atomic mass is 9.80. The fraction of sp³-hybridized carbons (Fsp3) is 0.500. The van der Waals surface area contributed by atoms with Gasteiger partial charge in [-0.25, -0.2) is 0 Å². The minimum atomic E-state index is 0.159. The average Bonchev–Trinajstić information content (AvgIpc) is 2.73. The average molecular weight is 268 g/mol. The van der Waals surface area contributed by atoms with Crippen LogP contribution in [0.2, 0.25) is 0 Å². The van der Waals surface area contributed by atoms with Crippen molar-refractivity contribution in [2.75, 3.05) is 6.54 Å². The van der Waals surface area contributed by atoms with E-state index in [4.69, 9.17) is 0 Å². The summed E-state index contributed by atoms with van der Waals surface area (Å²) in [6.07, 6.45) is 11.6. The maximum absolute atomic E-state index is 4.27. The van der Waals surface area contributed by atoms with E-state index in [1.165, 1.54) is 54.9 Å². The molecule has 1 aromatic heterocycles. The number of benzene rings is 1. The molecule has 1 aliphatic rings. The van der Waals surface area contributed by atoms with Gasteiger partial charge in [-0.3, -0.25) is 4.98 Å². The molecule has 1 atom stereocenters. The second-order valence-electron chi connectivity index (χ2n) is 5.97. The molecule has 2 nitrogen and oxygen atoms in total. The summed E-state index contributed by atoms with van der Waals surface area (Å²) in [4.78, 5) is 4.27. The van der Waals surface area contributed by atoms with Gasteiger partial charge in [0.25, 0.3) is 0 Å². The van der Waals surface area contributed by atoms with Gasteiger partial charge in [0.2, 0.25) is 0 Å². The van der Waals surface area contributed by atoms with Crippen molar-refractivity contribution in [1.82, 2.24) is 10.3 Å². The summed E-state index contributed by atoms with van der Waals surface area (Å²) >= 11 is 0. The molecule has 20 heavy (non-hydrogen) atoms. The number of pyridine rings is 1. The van der Waals surface area contributed by atoms with Crippen molar-refractivity contribution in [3.63, 3.8) is 0 Å². The van der Waals surface area contributed by atoms with Crippen LogP contribution in [0.4, 0.5) is 0 Å². The monoisotopic (exact) mass is 268 g/mol. The Morgan fingerprint density at radius 2 is 2.15 bits per heavy atom. The van der Waals surface area contributed by atoms with Crippen molar-refractivity contribution in [2.24, 2.45) is 0 Å². The summed E-state index contributed by atoms with van der Waals surface area (Å²) in [5, 5.41) is 6.51. The van der Waals surface area contributed by atoms with Crippen LogP contribution in [0.1, 0.15) is 51.0 Å². The molecule has 0 spiro atoms. The first kappa shape index (κ1) is 13.6. The van der Waals surface area contributed by atoms with Gasteiger partial charge in [0.05, 0.1) is 0 Å². The van der Waals surface area contributed by atoms with Gasteiger partial charge in [0.15, 0.2) is 0 Å². The van der Waals surface area contributed by atoms with E-state index in [1.807, 2.05) is 12.4 Å². The maximum Gasteiger partial charge on any atom is 0.0440 e. The van der Waals surface area contributed by atoms with Gasteiger partial charge in [-0.05, 0) is 42.8 Å². The van der Waals surface area contributed by atoms with Gasteiger partial charge in [-0.15, -0.1) is 0 Å². The van der Waals surface area contributed by atoms with Gasteiger partial charge in [0.1, 0.15) is 0 Å². The van der Waals surface area contributed by atoms with Gasteiger partial charge in [0, 0.05) is 23.3 Å². The molecule has 1 unspecified atom stereocenters. The highest BCUT2D eigenvalue weighted by atomic mass is 15.0. The zero-order valence-electron chi connectivity index (χ0n) is 12.4. The first-order chi connectivity index (χ1) is 9.86. The highest BCUT2D eigenvalue weighted by molar-refractivity contribution is 5.85. The largest absolute Gasteiger partial charge is 0.307 e. The second-order valence-corrected chi connectivity index (χ2v) is 5.97. The predicted molar refractivity (Wildman–Crippen MR) is 84.8 cm³/mol. The minimum absolute atomic E-state index is 0.159. The zero-order valence-corrected chi connectivity index (χ0v) is 12.4. The third kappa shape index (κ3) is 2.45. The van der Waals surface area contributed by atoms with Crippen LogP contribution < -0.4 is 5.32 Å². The molecule has 3 rings (SSSR count). The third-order valence-corrected chi connectivity index (χ3v) is 4.62. The normalized spacial score (nSPS) is 23.6. The Hall–Kier alpha value is -1.41. The fourth-order valence-corrected chi connectivity index (χ4v) is 3.69. The SMILES string of the molecule is CCCC1(c2cccc3cnccc23)CCCCCN1. The third-order valence-electron chi connectivity index (χ3n) is 4.62. The lowest BCUT2D eigenvalue weighted by Crippen LogP contribution is -2.41. The van der Waals surface area contributed by atoms with E-state index in [0.29, 0.717) is 0 Å². The molecule has 1 N–H and O–H groups in total. The number of nitrogens with zero attached hydrogens (tertiary/aromatic N) is 1. The summed E-state index contributed by atoms with van der Waals surface area (Å²) in [6.45, 7) is 3.43. The Balaban J connectivity index is 2.13. The second kappa shape index (κ2) is 5.92. The first-order valence-electron chi connectivity index (χ1n) is 7.94. The van der Waals surface area contributed by atoms with Gasteiger partial charge >= 0.3 is 0 Å². The molecule has 0 aliphatic carbocycles. The molecule has 1 saturated heterocycles. The van der Waals surface area contributed by atoms with Crippen molar-refractivity contribution in [1.29, 1.82) is 0 Å². The quantitative estimate of drug-likeness (QED) is 0.892. The van der Waals surface area contributed by atoms with Gasteiger partial charge in [-0.1, -0.05) is 44.4 Å². The number of nitrogens with one attached hydrogen (secondary N) is 1. The van der Waals surface area contributed by atoms with E-state index < -0.39 is 0 Å². The van der Waals surface area contributed by atoms with Crippen LogP contribution in [0.15, 0.2) is 36.7 Å². The van der Waals surface area contributed by atoms with Crippen LogP contribution in [-0.4, -0.2) is 11.5 Å². The summed E-state index contributed by atoms with van der Waals surface area (Å²) in [7, 11) is 0. The molecular weight excluding hydrogens is 244 g/mol. The lowest BCUT2D eigenvalue weighted by Gasteiger charge is -2.35. The molecule has 0 radical (unpaired) electrons. The summed E-state index contributed by atoms with van der Waals surface area (Å²) < 4.78 is 0. The Morgan fingerprint density at radius 1 is 1.20 bits per heavy atom. The molecule has 1 aliphatic heterocycles. The minimum Gasteiger partial charge on any atom is -0.307 e. The van der Waals surface area contributed by atoms with Crippen LogP contribution >= 0.6 is 0 Å². The molecule has 2 heterocycles. The van der Waals surface area contributed by atoms with Crippen LogP contribution in [0.3, 0.4) is 0 Å². The zero-order chi connectivity index (χ0) is 13.8. The van der Waals surface area contributed by atoms with Crippen molar-refractivity contribution in [2.45, 2.75) is 51.0 Å². The molecule has 106 valence electrons. The molecule has 1 aromatic carbocycles. The van der Waals surface area contributed by atoms with E-state index in [-0.39, 0.29) is 5.54 Å². The number of hydrogen-bond donors (Lipinski definition) is 1. The molecular formula is C18H24N2. The summed E-state index contributed by atoms with van der Waals surface area (Å²) in [5.74, 6) is 0. The standard InChI is InChI=1S/C18H24N2/c1-2-10-18(11-4-3-5-12-20-18)17-8-6-7-15-14-19-13-9-16(15)17/h6-9,13-14,20H,2-5,10-12H2,1H3. The Morgan fingerprint density at radius 3 is 3.05 bits per heavy atom. The molecule has 0 amide bonds. The van der Waals surface area contributed by atoms with Crippen LogP contribution in [0, 0.1) is 0 Å².